The number of allylic oxidation sites excluding steroid dienone is 3. The second-order valence-corrected chi connectivity index (χ2v) is 24.7. The normalized spacial score (nSPS) is 18.6. The van der Waals surface area contributed by atoms with E-state index < -0.39 is 49.5 Å². The molecule has 1 aliphatic heterocycles. The summed E-state index contributed by atoms with van der Waals surface area (Å²) in [6.45, 7) is 3.82. The highest BCUT2D eigenvalue weighted by Crippen LogP contribution is 2.23. The summed E-state index contributed by atoms with van der Waals surface area (Å²) in [7, 11) is 0. The van der Waals surface area contributed by atoms with Crippen LogP contribution in [0.3, 0.4) is 0 Å². The zero-order chi connectivity index (χ0) is 57.2. The lowest BCUT2D eigenvalue weighted by Gasteiger charge is -2.40. The van der Waals surface area contributed by atoms with Crippen LogP contribution in [0.2, 0.25) is 0 Å². The van der Waals surface area contributed by atoms with Crippen LogP contribution in [-0.2, 0) is 14.3 Å². The Morgan fingerprint density at radius 2 is 0.722 bits per heavy atom. The zero-order valence-corrected chi connectivity index (χ0v) is 52.4. The molecular weight excluding hydrogens is 983 g/mol. The van der Waals surface area contributed by atoms with Crippen molar-refractivity contribution in [2.24, 2.45) is 0 Å². The van der Waals surface area contributed by atoms with Gasteiger partial charge in [-0.3, -0.25) is 4.79 Å². The average molecular weight is 1120 g/mol. The summed E-state index contributed by atoms with van der Waals surface area (Å²) in [6, 6.07) is -0.820. The van der Waals surface area contributed by atoms with Gasteiger partial charge in [-0.2, -0.15) is 0 Å². The fraction of sp³-hybridized carbons (Fsp3) is 0.929. The number of nitrogens with one attached hydrogen (secondary N) is 1. The van der Waals surface area contributed by atoms with E-state index in [1.165, 1.54) is 302 Å². The van der Waals surface area contributed by atoms with Gasteiger partial charge in [-0.05, 0) is 32.1 Å². The third-order valence-corrected chi connectivity index (χ3v) is 17.0. The van der Waals surface area contributed by atoms with Gasteiger partial charge >= 0.3 is 0 Å². The summed E-state index contributed by atoms with van der Waals surface area (Å²) in [5.41, 5.74) is 0. The zero-order valence-electron chi connectivity index (χ0n) is 52.4. The lowest BCUT2D eigenvalue weighted by Crippen LogP contribution is -2.60. The number of amides is 1. The van der Waals surface area contributed by atoms with Gasteiger partial charge in [-0.25, -0.2) is 0 Å². The van der Waals surface area contributed by atoms with E-state index in [2.05, 4.69) is 31.3 Å². The molecule has 1 heterocycles. The molecule has 0 aromatic heterocycles. The topological polar surface area (TPSA) is 149 Å². The number of rotatable bonds is 62. The molecule has 0 aromatic carbocycles. The number of hydrogen-bond acceptors (Lipinski definition) is 8. The van der Waals surface area contributed by atoms with Crippen molar-refractivity contribution in [3.8, 4) is 0 Å². The Morgan fingerprint density at radius 3 is 1.06 bits per heavy atom. The fourth-order valence-corrected chi connectivity index (χ4v) is 11.5. The van der Waals surface area contributed by atoms with Crippen LogP contribution in [-0.4, -0.2) is 87.5 Å². The van der Waals surface area contributed by atoms with Gasteiger partial charge in [0.1, 0.15) is 24.4 Å². The predicted octanol–water partition coefficient (Wildman–Crippen LogP) is 18.9. The molecule has 1 saturated heterocycles. The molecule has 0 saturated carbocycles. The maximum absolute atomic E-state index is 13.1. The van der Waals surface area contributed by atoms with Crippen molar-refractivity contribution in [3.05, 3.63) is 24.3 Å². The Morgan fingerprint density at radius 1 is 0.418 bits per heavy atom. The Kier molecular flexibility index (Phi) is 57.3. The first kappa shape index (κ1) is 75.7. The van der Waals surface area contributed by atoms with E-state index in [4.69, 9.17) is 9.47 Å². The molecule has 0 radical (unpaired) electrons. The molecule has 79 heavy (non-hydrogen) atoms. The Labute approximate surface area is 489 Å². The van der Waals surface area contributed by atoms with Crippen molar-refractivity contribution in [3.63, 3.8) is 0 Å². The van der Waals surface area contributed by atoms with E-state index in [0.717, 1.165) is 38.5 Å². The first-order chi connectivity index (χ1) is 38.8. The SMILES string of the molecule is CCCCCCCCCCCCCCCCC/C=C/CC/C=C/C(O)C(COC1OC(CO)C(O)C(O)C1O)NC(=O)CCCCCCCCCCCCCCCCCCCCCCCCCCCCCCCCCCCCC. The van der Waals surface area contributed by atoms with Crippen molar-refractivity contribution < 1.29 is 39.8 Å². The van der Waals surface area contributed by atoms with Crippen molar-refractivity contribution in [2.45, 2.75) is 403 Å². The van der Waals surface area contributed by atoms with Crippen molar-refractivity contribution in [1.82, 2.24) is 5.32 Å². The van der Waals surface area contributed by atoms with Crippen LogP contribution in [0.4, 0.5) is 0 Å². The molecule has 1 rings (SSSR count). The van der Waals surface area contributed by atoms with Crippen molar-refractivity contribution >= 4 is 5.91 Å². The van der Waals surface area contributed by atoms with E-state index in [-0.39, 0.29) is 12.5 Å². The molecular formula is C70H135NO8. The van der Waals surface area contributed by atoms with Gasteiger partial charge in [-0.1, -0.05) is 346 Å². The highest BCUT2D eigenvalue weighted by Gasteiger charge is 2.44. The Balaban J connectivity index is 2.09. The first-order valence-corrected chi connectivity index (χ1v) is 35.1. The summed E-state index contributed by atoms with van der Waals surface area (Å²) in [6.07, 6.45) is 71.6. The third-order valence-electron chi connectivity index (χ3n) is 17.0. The standard InChI is InChI=1S/C70H135NO8/c1-3-5-7-9-11-13-15-17-19-21-23-25-26-27-28-29-30-31-32-33-34-35-36-37-38-40-42-44-46-48-50-52-54-56-58-60-66(74)71-63(62-78-70-69(77)68(76)67(75)65(61-72)79-70)64(73)59-57-55-53-51-49-47-45-43-41-39-24-22-20-18-16-14-12-10-8-6-4-2/h49,51,57,59,63-65,67-70,72-73,75-77H,3-48,50,52-56,58,60-62H2,1-2H3,(H,71,74)/b51-49+,59-57+. The molecule has 9 nitrogen and oxygen atoms in total. The molecule has 6 N–H and O–H groups in total. The Hall–Kier alpha value is -1.33. The molecule has 0 aromatic rings. The second kappa shape index (κ2) is 59.8. The van der Waals surface area contributed by atoms with Crippen LogP contribution in [0, 0.1) is 0 Å². The van der Waals surface area contributed by atoms with E-state index in [1.807, 2.05) is 6.08 Å². The summed E-state index contributed by atoms with van der Waals surface area (Å²) in [4.78, 5) is 13.1. The summed E-state index contributed by atoms with van der Waals surface area (Å²) in [5.74, 6) is -0.178. The number of unbranched alkanes of at least 4 members (excludes halogenated alkanes) is 50. The van der Waals surface area contributed by atoms with Gasteiger partial charge < -0.3 is 40.3 Å². The van der Waals surface area contributed by atoms with Crippen LogP contribution >= 0.6 is 0 Å². The van der Waals surface area contributed by atoms with Crippen molar-refractivity contribution in [1.29, 1.82) is 0 Å². The number of carbonyl (C=O) groups excluding carboxylic acids is 1. The van der Waals surface area contributed by atoms with E-state index in [9.17, 15) is 30.3 Å². The number of carbonyl (C=O) groups is 1. The molecule has 468 valence electrons. The van der Waals surface area contributed by atoms with E-state index >= 15 is 0 Å². The monoisotopic (exact) mass is 1120 g/mol. The predicted molar refractivity (Wildman–Crippen MR) is 337 cm³/mol. The quantitative estimate of drug-likeness (QED) is 0.0261. The summed E-state index contributed by atoms with van der Waals surface area (Å²) < 4.78 is 11.3. The maximum Gasteiger partial charge on any atom is 0.220 e. The van der Waals surface area contributed by atoms with E-state index in [0.29, 0.717) is 6.42 Å². The molecule has 7 unspecified atom stereocenters. The third kappa shape index (κ3) is 48.7. The fourth-order valence-electron chi connectivity index (χ4n) is 11.5. The highest BCUT2D eigenvalue weighted by molar-refractivity contribution is 5.76. The van der Waals surface area contributed by atoms with Gasteiger partial charge in [0.15, 0.2) is 6.29 Å². The highest BCUT2D eigenvalue weighted by atomic mass is 16.7. The average Bonchev–Trinajstić information content (AvgIpc) is 3.47. The second-order valence-electron chi connectivity index (χ2n) is 24.7. The molecule has 1 amide bonds. The number of aliphatic hydroxyl groups is 5. The molecule has 1 fully saturated rings. The number of ether oxygens (including phenoxy) is 2. The largest absolute Gasteiger partial charge is 0.394 e. The smallest absolute Gasteiger partial charge is 0.220 e. The molecule has 1 aliphatic rings. The summed E-state index contributed by atoms with van der Waals surface area (Å²) >= 11 is 0. The van der Waals surface area contributed by atoms with Crippen LogP contribution in [0.5, 0.6) is 0 Å². The van der Waals surface area contributed by atoms with Crippen LogP contribution in [0.1, 0.15) is 361 Å². The molecule has 0 aliphatic carbocycles. The maximum atomic E-state index is 13.1. The first-order valence-electron chi connectivity index (χ1n) is 35.1. The lowest BCUT2D eigenvalue weighted by molar-refractivity contribution is -0.302. The molecule has 0 bridgehead atoms. The number of hydrogen-bond donors (Lipinski definition) is 6. The van der Waals surface area contributed by atoms with Crippen LogP contribution in [0.15, 0.2) is 24.3 Å². The molecule has 9 heteroatoms. The van der Waals surface area contributed by atoms with Gasteiger partial charge in [0.2, 0.25) is 5.91 Å². The minimum Gasteiger partial charge on any atom is -0.394 e. The minimum absolute atomic E-state index is 0.178. The van der Waals surface area contributed by atoms with Crippen LogP contribution in [0.25, 0.3) is 0 Å². The number of aliphatic hydroxyl groups excluding tert-OH is 5. The van der Waals surface area contributed by atoms with Crippen LogP contribution < -0.4 is 5.32 Å². The Bertz CT molecular complexity index is 1300. The van der Waals surface area contributed by atoms with Gasteiger partial charge in [0.25, 0.3) is 0 Å². The summed E-state index contributed by atoms with van der Waals surface area (Å²) in [5, 5.41) is 54.7. The van der Waals surface area contributed by atoms with Gasteiger partial charge in [0, 0.05) is 6.42 Å². The molecule has 7 atom stereocenters. The van der Waals surface area contributed by atoms with Crippen molar-refractivity contribution in [2.75, 3.05) is 13.2 Å². The van der Waals surface area contributed by atoms with Gasteiger partial charge in [0.05, 0.1) is 25.4 Å². The minimum atomic E-state index is -1.57. The van der Waals surface area contributed by atoms with Gasteiger partial charge in [-0.15, -0.1) is 0 Å². The lowest BCUT2D eigenvalue weighted by atomic mass is 9.99. The molecule has 0 spiro atoms. The van der Waals surface area contributed by atoms with E-state index in [1.54, 1.807) is 6.08 Å².